The highest BCUT2D eigenvalue weighted by Crippen LogP contribution is 2.30. The molecule has 1 aliphatic rings. The van der Waals surface area contributed by atoms with Crippen molar-refractivity contribution in [3.8, 4) is 0 Å². The first kappa shape index (κ1) is 17.4. The standard InChI is InChI=1S/C21H22ClN3S/c1-12-3-7-19-17(9-12)16-6-5-15(11-20(16)24-19)23-21(26)25-18-8-4-14(22)10-13(18)2/h3-4,7-10,15,24H,5-6,11H2,1-2H3,(H2,23,25,26). The fourth-order valence-corrected chi connectivity index (χ4v) is 4.28. The molecule has 0 saturated heterocycles. The number of hydrogen-bond donors (Lipinski definition) is 3. The van der Waals surface area contributed by atoms with Crippen LogP contribution in [0.5, 0.6) is 0 Å². The molecule has 0 saturated carbocycles. The van der Waals surface area contributed by atoms with Crippen LogP contribution in [0, 0.1) is 13.8 Å². The third-order valence-electron chi connectivity index (χ3n) is 5.12. The Bertz CT molecular complexity index is 992. The number of anilines is 1. The van der Waals surface area contributed by atoms with E-state index in [1.807, 2.05) is 25.1 Å². The summed E-state index contributed by atoms with van der Waals surface area (Å²) in [5.41, 5.74) is 7.42. The smallest absolute Gasteiger partial charge is 0.171 e. The monoisotopic (exact) mass is 383 g/mol. The van der Waals surface area contributed by atoms with Gasteiger partial charge in [0.15, 0.2) is 5.11 Å². The van der Waals surface area contributed by atoms with Gasteiger partial charge in [-0.25, -0.2) is 0 Å². The third kappa shape index (κ3) is 3.44. The van der Waals surface area contributed by atoms with Crippen LogP contribution in [0.25, 0.3) is 10.9 Å². The molecule has 0 bridgehead atoms. The largest absolute Gasteiger partial charge is 0.359 e. The molecular formula is C21H22ClN3S. The average Bonchev–Trinajstić information content (AvgIpc) is 2.94. The molecule has 3 aromatic rings. The summed E-state index contributed by atoms with van der Waals surface area (Å²) < 4.78 is 0. The van der Waals surface area contributed by atoms with Crippen LogP contribution in [0.3, 0.4) is 0 Å². The van der Waals surface area contributed by atoms with Gasteiger partial charge >= 0.3 is 0 Å². The van der Waals surface area contributed by atoms with Gasteiger partial charge in [-0.1, -0.05) is 23.2 Å². The second-order valence-electron chi connectivity index (χ2n) is 7.13. The minimum absolute atomic E-state index is 0.337. The Balaban J connectivity index is 1.45. The molecular weight excluding hydrogens is 362 g/mol. The van der Waals surface area contributed by atoms with Crippen LogP contribution < -0.4 is 10.6 Å². The number of hydrogen-bond acceptors (Lipinski definition) is 1. The first-order valence-electron chi connectivity index (χ1n) is 8.93. The van der Waals surface area contributed by atoms with Crippen LogP contribution in [0.4, 0.5) is 5.69 Å². The summed E-state index contributed by atoms with van der Waals surface area (Å²) in [6.45, 7) is 4.17. The summed E-state index contributed by atoms with van der Waals surface area (Å²) in [5.74, 6) is 0. The Hall–Kier alpha value is -2.04. The highest BCUT2D eigenvalue weighted by atomic mass is 35.5. The lowest BCUT2D eigenvalue weighted by atomic mass is 9.91. The van der Waals surface area contributed by atoms with E-state index in [4.69, 9.17) is 23.8 Å². The maximum Gasteiger partial charge on any atom is 0.171 e. The van der Waals surface area contributed by atoms with Crippen molar-refractivity contribution < 1.29 is 0 Å². The second kappa shape index (κ2) is 6.93. The van der Waals surface area contributed by atoms with Crippen LogP contribution in [0.2, 0.25) is 5.02 Å². The van der Waals surface area contributed by atoms with Crippen molar-refractivity contribution >= 4 is 45.5 Å². The van der Waals surface area contributed by atoms with Crippen LogP contribution in [-0.4, -0.2) is 16.1 Å². The number of thiocarbonyl (C=S) groups is 1. The summed E-state index contributed by atoms with van der Waals surface area (Å²) in [4.78, 5) is 3.59. The first-order chi connectivity index (χ1) is 12.5. The van der Waals surface area contributed by atoms with Crippen molar-refractivity contribution in [3.05, 3.63) is 63.8 Å². The molecule has 2 aromatic carbocycles. The second-order valence-corrected chi connectivity index (χ2v) is 7.97. The predicted octanol–water partition coefficient (Wildman–Crippen LogP) is 5.28. The summed E-state index contributed by atoms with van der Waals surface area (Å²) >= 11 is 11.5. The molecule has 3 nitrogen and oxygen atoms in total. The minimum atomic E-state index is 0.337. The Morgan fingerprint density at radius 2 is 2.04 bits per heavy atom. The number of halogens is 1. The molecule has 4 rings (SSSR count). The number of aromatic amines is 1. The Morgan fingerprint density at radius 1 is 1.19 bits per heavy atom. The molecule has 0 fully saturated rings. The quantitative estimate of drug-likeness (QED) is 0.527. The van der Waals surface area contributed by atoms with E-state index >= 15 is 0 Å². The minimum Gasteiger partial charge on any atom is -0.359 e. The van der Waals surface area contributed by atoms with Crippen LogP contribution in [-0.2, 0) is 12.8 Å². The molecule has 1 aromatic heterocycles. The van der Waals surface area contributed by atoms with Crippen molar-refractivity contribution in [3.63, 3.8) is 0 Å². The summed E-state index contributed by atoms with van der Waals surface area (Å²) in [6, 6.07) is 12.7. The van der Waals surface area contributed by atoms with Gasteiger partial charge in [-0.05, 0) is 80.4 Å². The van der Waals surface area contributed by atoms with E-state index in [2.05, 4.69) is 40.7 Å². The molecule has 0 amide bonds. The predicted molar refractivity (Wildman–Crippen MR) is 114 cm³/mol. The van der Waals surface area contributed by atoms with Gasteiger partial charge in [-0.2, -0.15) is 0 Å². The zero-order chi connectivity index (χ0) is 18.3. The van der Waals surface area contributed by atoms with Crippen molar-refractivity contribution in [1.29, 1.82) is 0 Å². The molecule has 0 radical (unpaired) electrons. The lowest BCUT2D eigenvalue weighted by molar-refractivity contribution is 0.527. The normalized spacial score (nSPS) is 16.3. The summed E-state index contributed by atoms with van der Waals surface area (Å²) in [6.07, 6.45) is 3.11. The van der Waals surface area contributed by atoms with E-state index in [0.29, 0.717) is 11.2 Å². The van der Waals surface area contributed by atoms with Gasteiger partial charge in [-0.3, -0.25) is 0 Å². The van der Waals surface area contributed by atoms with E-state index in [0.717, 1.165) is 35.5 Å². The summed E-state index contributed by atoms with van der Waals surface area (Å²) in [7, 11) is 0. The molecule has 1 heterocycles. The molecule has 1 unspecified atom stereocenters. The van der Waals surface area contributed by atoms with Crippen molar-refractivity contribution in [2.45, 2.75) is 39.2 Å². The maximum absolute atomic E-state index is 6.02. The van der Waals surface area contributed by atoms with Gasteiger partial charge in [-0.15, -0.1) is 0 Å². The van der Waals surface area contributed by atoms with Gasteiger partial charge in [0, 0.05) is 39.8 Å². The fourth-order valence-electron chi connectivity index (χ4n) is 3.78. The Morgan fingerprint density at radius 3 is 2.85 bits per heavy atom. The van der Waals surface area contributed by atoms with Crippen LogP contribution >= 0.6 is 23.8 Å². The number of fused-ring (bicyclic) bond motifs is 3. The lowest BCUT2D eigenvalue weighted by Gasteiger charge is -2.25. The molecule has 0 aliphatic heterocycles. The highest BCUT2D eigenvalue weighted by Gasteiger charge is 2.23. The van der Waals surface area contributed by atoms with Gasteiger partial charge in [0.05, 0.1) is 0 Å². The Kier molecular flexibility index (Phi) is 4.63. The number of aromatic nitrogens is 1. The van der Waals surface area contributed by atoms with Gasteiger partial charge in [0.2, 0.25) is 0 Å². The number of benzene rings is 2. The van der Waals surface area contributed by atoms with Gasteiger partial charge < -0.3 is 15.6 Å². The maximum atomic E-state index is 6.02. The number of rotatable bonds is 2. The summed E-state index contributed by atoms with van der Waals surface area (Å²) in [5, 5.41) is 9.54. The number of H-pyrrole nitrogens is 1. The van der Waals surface area contributed by atoms with E-state index in [1.54, 1.807) is 0 Å². The SMILES string of the molecule is Cc1ccc2[nH]c3c(c2c1)CCC(NC(=S)Nc1ccc(Cl)cc1C)C3. The number of aryl methyl sites for hydroxylation is 3. The van der Waals surface area contributed by atoms with E-state index in [-0.39, 0.29) is 0 Å². The zero-order valence-electron chi connectivity index (χ0n) is 14.9. The molecule has 134 valence electrons. The van der Waals surface area contributed by atoms with Crippen molar-refractivity contribution in [1.82, 2.24) is 10.3 Å². The van der Waals surface area contributed by atoms with Crippen molar-refractivity contribution in [2.75, 3.05) is 5.32 Å². The van der Waals surface area contributed by atoms with E-state index in [9.17, 15) is 0 Å². The van der Waals surface area contributed by atoms with Gasteiger partial charge in [0.25, 0.3) is 0 Å². The molecule has 1 atom stereocenters. The van der Waals surface area contributed by atoms with Crippen molar-refractivity contribution in [2.24, 2.45) is 0 Å². The molecule has 26 heavy (non-hydrogen) atoms. The third-order valence-corrected chi connectivity index (χ3v) is 5.57. The lowest BCUT2D eigenvalue weighted by Crippen LogP contribution is -2.41. The molecule has 0 spiro atoms. The first-order valence-corrected chi connectivity index (χ1v) is 9.72. The van der Waals surface area contributed by atoms with Crippen LogP contribution in [0.1, 0.15) is 28.8 Å². The molecule has 3 N–H and O–H groups in total. The Labute approximate surface area is 164 Å². The molecule has 1 aliphatic carbocycles. The topological polar surface area (TPSA) is 39.9 Å². The molecule has 5 heteroatoms. The zero-order valence-corrected chi connectivity index (χ0v) is 16.5. The fraction of sp³-hybridized carbons (Fsp3) is 0.286. The average molecular weight is 384 g/mol. The number of nitrogens with one attached hydrogen (secondary N) is 3. The van der Waals surface area contributed by atoms with E-state index in [1.165, 1.54) is 27.7 Å². The van der Waals surface area contributed by atoms with Crippen LogP contribution in [0.15, 0.2) is 36.4 Å². The van der Waals surface area contributed by atoms with Gasteiger partial charge in [0.1, 0.15) is 0 Å². The van der Waals surface area contributed by atoms with E-state index < -0.39 is 0 Å². The highest BCUT2D eigenvalue weighted by molar-refractivity contribution is 7.80.